The summed E-state index contributed by atoms with van der Waals surface area (Å²) < 4.78 is 38.2. The highest BCUT2D eigenvalue weighted by Gasteiger charge is 2.13. The molecule has 32 heavy (non-hydrogen) atoms. The maximum Gasteiger partial charge on any atom is 0.262 e. The molecule has 0 aliphatic heterocycles. The summed E-state index contributed by atoms with van der Waals surface area (Å²) in [7, 11) is 1.51. The number of rotatable bonds is 8. The van der Waals surface area contributed by atoms with Crippen LogP contribution in [0.1, 0.15) is 16.7 Å². The predicted octanol–water partition coefficient (Wildman–Crippen LogP) is 4.17. The van der Waals surface area contributed by atoms with Gasteiger partial charge in [-0.2, -0.15) is 5.26 Å². The van der Waals surface area contributed by atoms with E-state index in [1.807, 2.05) is 12.1 Å². The van der Waals surface area contributed by atoms with E-state index in [-0.39, 0.29) is 24.3 Å². The fourth-order valence-corrected chi connectivity index (χ4v) is 2.78. The number of ether oxygens (including phenoxy) is 2. The van der Waals surface area contributed by atoms with Gasteiger partial charge in [0, 0.05) is 41.7 Å². The van der Waals surface area contributed by atoms with Gasteiger partial charge in [0.15, 0.2) is 0 Å². The van der Waals surface area contributed by atoms with E-state index in [0.29, 0.717) is 17.1 Å². The van der Waals surface area contributed by atoms with E-state index in [1.54, 1.807) is 36.7 Å². The van der Waals surface area contributed by atoms with Crippen molar-refractivity contribution in [1.29, 1.82) is 5.26 Å². The number of amides is 1. The Bertz CT molecular complexity index is 1170. The summed E-state index contributed by atoms with van der Waals surface area (Å²) in [4.78, 5) is 16.5. The molecule has 1 aromatic heterocycles. The summed E-state index contributed by atoms with van der Waals surface area (Å²) in [5, 5.41) is 11.9. The van der Waals surface area contributed by atoms with Crippen molar-refractivity contribution in [3.63, 3.8) is 0 Å². The van der Waals surface area contributed by atoms with Gasteiger partial charge in [0.1, 0.15) is 41.4 Å². The van der Waals surface area contributed by atoms with Crippen molar-refractivity contribution in [2.45, 2.75) is 13.2 Å². The molecule has 0 saturated carbocycles. The number of carbonyl (C=O) groups is 1. The maximum atomic E-state index is 13.8. The molecule has 1 N–H and O–H groups in total. The maximum absolute atomic E-state index is 13.8. The second-order valence-corrected chi connectivity index (χ2v) is 6.64. The quantitative estimate of drug-likeness (QED) is 0.424. The largest absolute Gasteiger partial charge is 0.497 e. The van der Waals surface area contributed by atoms with E-state index in [2.05, 4.69) is 10.3 Å². The summed E-state index contributed by atoms with van der Waals surface area (Å²) in [6.07, 6.45) is 4.67. The Morgan fingerprint density at radius 1 is 1.22 bits per heavy atom. The first-order chi connectivity index (χ1) is 15.5. The molecule has 0 radical (unpaired) electrons. The first kappa shape index (κ1) is 22.4. The monoisotopic (exact) mass is 435 g/mol. The first-order valence-electron chi connectivity index (χ1n) is 9.54. The van der Waals surface area contributed by atoms with Gasteiger partial charge in [-0.05, 0) is 42.5 Å². The third-order valence-corrected chi connectivity index (χ3v) is 4.45. The van der Waals surface area contributed by atoms with Crippen LogP contribution in [-0.2, 0) is 17.9 Å². The van der Waals surface area contributed by atoms with E-state index >= 15 is 0 Å². The number of aromatic nitrogens is 1. The molecule has 0 spiro atoms. The Morgan fingerprint density at radius 2 is 2.06 bits per heavy atom. The zero-order valence-electron chi connectivity index (χ0n) is 17.1. The van der Waals surface area contributed by atoms with Crippen molar-refractivity contribution in [2.75, 3.05) is 7.11 Å². The van der Waals surface area contributed by atoms with Crippen LogP contribution in [0.2, 0.25) is 0 Å². The van der Waals surface area contributed by atoms with Crippen LogP contribution in [0.3, 0.4) is 0 Å². The van der Waals surface area contributed by atoms with E-state index in [1.165, 1.54) is 13.2 Å². The molecule has 8 heteroatoms. The Balaban J connectivity index is 1.79. The number of pyridine rings is 1. The highest BCUT2D eigenvalue weighted by molar-refractivity contribution is 6.02. The first-order valence-corrected chi connectivity index (χ1v) is 9.54. The van der Waals surface area contributed by atoms with Gasteiger partial charge >= 0.3 is 0 Å². The molecule has 0 aliphatic rings. The van der Waals surface area contributed by atoms with Crippen LogP contribution >= 0.6 is 0 Å². The molecular formula is C24H19F2N3O3. The van der Waals surface area contributed by atoms with E-state index in [4.69, 9.17) is 9.47 Å². The average molecular weight is 435 g/mol. The number of nitrogens with zero attached hydrogens (tertiary/aromatic N) is 2. The molecule has 162 valence electrons. The summed E-state index contributed by atoms with van der Waals surface area (Å²) in [6.45, 7) is -0.0524. The van der Waals surface area contributed by atoms with Crippen molar-refractivity contribution in [3.8, 4) is 17.6 Å². The molecule has 6 nitrogen and oxygen atoms in total. The van der Waals surface area contributed by atoms with E-state index in [9.17, 15) is 18.8 Å². The number of carbonyl (C=O) groups excluding carboxylic acids is 1. The molecule has 1 amide bonds. The minimum absolute atomic E-state index is 0.0272. The number of methoxy groups -OCH3 is 1. The van der Waals surface area contributed by atoms with Crippen molar-refractivity contribution < 1.29 is 23.0 Å². The summed E-state index contributed by atoms with van der Waals surface area (Å²) in [5.41, 5.74) is 1.05. The van der Waals surface area contributed by atoms with Crippen LogP contribution in [0.4, 0.5) is 8.78 Å². The van der Waals surface area contributed by atoms with Crippen LogP contribution in [0.5, 0.6) is 11.5 Å². The molecule has 3 rings (SSSR count). The predicted molar refractivity (Wildman–Crippen MR) is 113 cm³/mol. The fraction of sp³-hybridized carbons (Fsp3) is 0.125. The zero-order chi connectivity index (χ0) is 22.9. The highest BCUT2D eigenvalue weighted by Crippen LogP contribution is 2.28. The van der Waals surface area contributed by atoms with E-state index < -0.39 is 17.5 Å². The van der Waals surface area contributed by atoms with E-state index in [0.717, 1.165) is 23.8 Å². The molecule has 0 unspecified atom stereocenters. The second kappa shape index (κ2) is 10.7. The molecule has 0 fully saturated rings. The van der Waals surface area contributed by atoms with Crippen LogP contribution in [-0.4, -0.2) is 18.0 Å². The minimum atomic E-state index is -0.731. The van der Waals surface area contributed by atoms with Gasteiger partial charge in [-0.15, -0.1) is 0 Å². The summed E-state index contributed by atoms with van der Waals surface area (Å²) in [6, 6.07) is 13.3. The molecule has 1 heterocycles. The smallest absolute Gasteiger partial charge is 0.262 e. The lowest BCUT2D eigenvalue weighted by molar-refractivity contribution is -0.117. The topological polar surface area (TPSA) is 84.2 Å². The van der Waals surface area contributed by atoms with Gasteiger partial charge in [0.25, 0.3) is 5.91 Å². The number of nitriles is 1. The van der Waals surface area contributed by atoms with Crippen molar-refractivity contribution in [3.05, 3.63) is 94.8 Å². The third-order valence-electron chi connectivity index (χ3n) is 4.45. The molecule has 0 bridgehead atoms. The van der Waals surface area contributed by atoms with Crippen molar-refractivity contribution >= 4 is 12.0 Å². The minimum Gasteiger partial charge on any atom is -0.497 e. The van der Waals surface area contributed by atoms with Crippen LogP contribution < -0.4 is 14.8 Å². The van der Waals surface area contributed by atoms with Gasteiger partial charge in [-0.25, -0.2) is 8.78 Å². The Hall–Kier alpha value is -4.25. The third kappa shape index (κ3) is 5.89. The SMILES string of the molecule is COc1ccc(/C=C(\C#N)C(=O)NCc2cc(F)ccc2F)c(OCc2cccnc2)c1. The zero-order valence-corrected chi connectivity index (χ0v) is 17.1. The second-order valence-electron chi connectivity index (χ2n) is 6.64. The van der Waals surface area contributed by atoms with Crippen LogP contribution in [0.25, 0.3) is 6.08 Å². The molecular weight excluding hydrogens is 416 g/mol. The lowest BCUT2D eigenvalue weighted by Gasteiger charge is -2.12. The lowest BCUT2D eigenvalue weighted by Crippen LogP contribution is -2.24. The van der Waals surface area contributed by atoms with Gasteiger partial charge in [-0.3, -0.25) is 9.78 Å². The van der Waals surface area contributed by atoms with Gasteiger partial charge in [-0.1, -0.05) is 6.07 Å². The molecule has 0 saturated heterocycles. The average Bonchev–Trinajstić information content (AvgIpc) is 2.82. The fourth-order valence-electron chi connectivity index (χ4n) is 2.78. The Kier molecular flexibility index (Phi) is 7.49. The molecule has 0 aliphatic carbocycles. The molecule has 3 aromatic rings. The summed E-state index contributed by atoms with van der Waals surface area (Å²) >= 11 is 0. The van der Waals surface area contributed by atoms with Crippen LogP contribution in [0, 0.1) is 23.0 Å². The van der Waals surface area contributed by atoms with Crippen molar-refractivity contribution in [2.24, 2.45) is 0 Å². The highest BCUT2D eigenvalue weighted by atomic mass is 19.1. The van der Waals surface area contributed by atoms with Crippen molar-refractivity contribution in [1.82, 2.24) is 10.3 Å². The molecule has 0 atom stereocenters. The lowest BCUT2D eigenvalue weighted by atomic mass is 10.1. The number of hydrogen-bond donors (Lipinski definition) is 1. The number of hydrogen-bond acceptors (Lipinski definition) is 5. The Morgan fingerprint density at radius 3 is 2.78 bits per heavy atom. The number of nitrogens with one attached hydrogen (secondary N) is 1. The summed E-state index contributed by atoms with van der Waals surface area (Å²) in [5.74, 6) is -1.08. The standard InChI is InChI=1S/C24H19F2N3O3/c1-31-21-6-4-17(23(11-21)32-15-16-3-2-8-28-13-16)9-18(12-27)24(30)29-14-19-10-20(25)5-7-22(19)26/h2-11,13H,14-15H2,1H3,(H,29,30)/b18-9+. The van der Waals surface area contributed by atoms with Crippen LogP contribution in [0.15, 0.2) is 66.5 Å². The molecule has 2 aromatic carbocycles. The van der Waals surface area contributed by atoms with Gasteiger partial charge < -0.3 is 14.8 Å². The Labute approximate surface area is 183 Å². The number of benzene rings is 2. The normalized spacial score (nSPS) is 10.9. The van der Waals surface area contributed by atoms with Gasteiger partial charge in [0.05, 0.1) is 7.11 Å². The number of halogens is 2. The van der Waals surface area contributed by atoms with Gasteiger partial charge in [0.2, 0.25) is 0 Å².